The molecule has 0 N–H and O–H groups in total. The summed E-state index contributed by atoms with van der Waals surface area (Å²) in [7, 11) is 0. The fraction of sp³-hybridized carbons (Fsp3) is 0.600. The van der Waals surface area contributed by atoms with E-state index in [4.69, 9.17) is 9.98 Å². The Bertz CT molecular complexity index is 754. The van der Waals surface area contributed by atoms with Gasteiger partial charge in [-0.05, 0) is 18.9 Å². The summed E-state index contributed by atoms with van der Waals surface area (Å²) in [6.07, 6.45) is 18.6. The maximum atomic E-state index is 4.91. The number of para-hydroxylation sites is 1. The predicted octanol–water partition coefficient (Wildman–Crippen LogP) is 8.39. The Morgan fingerprint density at radius 3 is 2.32 bits per heavy atom. The Balaban J connectivity index is 1.36. The van der Waals surface area contributed by atoms with Crippen molar-refractivity contribution in [3.63, 3.8) is 0 Å². The molecule has 152 valence electrons. The Morgan fingerprint density at radius 2 is 1.57 bits per heavy atom. The summed E-state index contributed by atoms with van der Waals surface area (Å²) in [5.74, 6) is 2.08. The summed E-state index contributed by atoms with van der Waals surface area (Å²) in [5.41, 5.74) is 4.86. The second-order valence-corrected chi connectivity index (χ2v) is 9.02. The molecule has 0 radical (unpaired) electrons. The number of hydrogen-bond acceptors (Lipinski definition) is 3. The van der Waals surface area contributed by atoms with Gasteiger partial charge in [0.15, 0.2) is 0 Å². The van der Waals surface area contributed by atoms with Gasteiger partial charge in [0, 0.05) is 28.7 Å². The molecule has 0 aliphatic carbocycles. The number of aliphatic imine (C=N–C) groups is 1. The normalized spacial score (nSPS) is 13.6. The van der Waals surface area contributed by atoms with E-state index in [1.165, 1.54) is 93.0 Å². The van der Waals surface area contributed by atoms with Crippen LogP contribution in [0.25, 0.3) is 10.9 Å². The first-order valence-corrected chi connectivity index (χ1v) is 12.6. The zero-order valence-corrected chi connectivity index (χ0v) is 18.4. The maximum absolute atomic E-state index is 4.91. The molecule has 0 saturated carbocycles. The molecule has 0 spiro atoms. The van der Waals surface area contributed by atoms with Crippen LogP contribution in [0.2, 0.25) is 0 Å². The van der Waals surface area contributed by atoms with Crippen LogP contribution in [0.1, 0.15) is 95.2 Å². The molecule has 3 rings (SSSR count). The first kappa shape index (κ1) is 21.4. The van der Waals surface area contributed by atoms with Crippen LogP contribution >= 0.6 is 11.8 Å². The zero-order valence-electron chi connectivity index (χ0n) is 17.6. The highest BCUT2D eigenvalue weighted by atomic mass is 32.2. The number of rotatable bonds is 13. The molecule has 28 heavy (non-hydrogen) atoms. The number of benzene rings is 1. The highest BCUT2D eigenvalue weighted by molar-refractivity contribution is 7.98. The molecule has 2 nitrogen and oxygen atoms in total. The molecule has 2 aromatic rings. The lowest BCUT2D eigenvalue weighted by Gasteiger charge is -2.07. The molecule has 0 amide bonds. The molecule has 1 aromatic carbocycles. The van der Waals surface area contributed by atoms with Crippen LogP contribution in [0.4, 0.5) is 5.69 Å². The van der Waals surface area contributed by atoms with E-state index >= 15 is 0 Å². The number of unbranched alkanes of at least 4 members (excludes halogenated alkanes) is 11. The van der Waals surface area contributed by atoms with Gasteiger partial charge < -0.3 is 0 Å². The molecule has 3 heteroatoms. The van der Waals surface area contributed by atoms with Crippen molar-refractivity contribution < 1.29 is 0 Å². The van der Waals surface area contributed by atoms with Gasteiger partial charge in [-0.2, -0.15) is 11.8 Å². The van der Waals surface area contributed by atoms with Crippen molar-refractivity contribution in [3.8, 4) is 0 Å². The van der Waals surface area contributed by atoms with Gasteiger partial charge in [0.05, 0.1) is 16.9 Å². The van der Waals surface area contributed by atoms with Crippen LogP contribution in [0.3, 0.4) is 0 Å². The van der Waals surface area contributed by atoms with Gasteiger partial charge >= 0.3 is 0 Å². The largest absolute Gasteiger partial charge is 0.260 e. The van der Waals surface area contributed by atoms with Crippen LogP contribution in [-0.4, -0.2) is 11.2 Å². The summed E-state index contributed by atoms with van der Waals surface area (Å²) in [4.78, 5) is 9.75. The predicted molar refractivity (Wildman–Crippen MR) is 126 cm³/mol. The van der Waals surface area contributed by atoms with E-state index in [9.17, 15) is 0 Å². The van der Waals surface area contributed by atoms with E-state index in [2.05, 4.69) is 37.4 Å². The maximum Gasteiger partial charge on any atom is 0.0778 e. The lowest BCUT2D eigenvalue weighted by Crippen LogP contribution is -1.91. The molecule has 0 unspecified atom stereocenters. The lowest BCUT2D eigenvalue weighted by atomic mass is 10.1. The van der Waals surface area contributed by atoms with Gasteiger partial charge in [0.25, 0.3) is 0 Å². The second-order valence-electron chi connectivity index (χ2n) is 8.03. The third kappa shape index (κ3) is 6.34. The Kier molecular flexibility index (Phi) is 9.36. The minimum atomic E-state index is 1.03. The topological polar surface area (TPSA) is 25.2 Å². The van der Waals surface area contributed by atoms with Gasteiger partial charge in [-0.15, -0.1) is 0 Å². The summed E-state index contributed by atoms with van der Waals surface area (Å²) < 4.78 is 0. The van der Waals surface area contributed by atoms with E-state index in [1.54, 1.807) is 0 Å². The highest BCUT2D eigenvalue weighted by Gasteiger charge is 2.19. The van der Waals surface area contributed by atoms with Crippen LogP contribution < -0.4 is 0 Å². The van der Waals surface area contributed by atoms with Crippen molar-refractivity contribution in [2.45, 2.75) is 95.5 Å². The summed E-state index contributed by atoms with van der Waals surface area (Å²) in [6, 6.07) is 8.45. The van der Waals surface area contributed by atoms with E-state index in [0.717, 1.165) is 23.4 Å². The first-order chi connectivity index (χ1) is 13.9. The average molecular weight is 397 g/mol. The fourth-order valence-corrected chi connectivity index (χ4v) is 5.05. The quantitative estimate of drug-likeness (QED) is 0.251. The summed E-state index contributed by atoms with van der Waals surface area (Å²) in [6.45, 7) is 2.29. The Hall–Kier alpha value is -1.35. The molecule has 0 fully saturated rings. The number of hydrogen-bond donors (Lipinski definition) is 0. The number of thioether (sulfide) groups is 1. The first-order valence-electron chi connectivity index (χ1n) is 11.4. The van der Waals surface area contributed by atoms with Gasteiger partial charge in [0.2, 0.25) is 0 Å². The van der Waals surface area contributed by atoms with E-state index < -0.39 is 0 Å². The third-order valence-corrected chi connectivity index (χ3v) is 6.66. The molecule has 1 aliphatic heterocycles. The number of pyridine rings is 1. The molecule has 2 heterocycles. The Morgan fingerprint density at radius 1 is 0.893 bits per heavy atom. The van der Waals surface area contributed by atoms with E-state index in [-0.39, 0.29) is 0 Å². The van der Waals surface area contributed by atoms with Crippen molar-refractivity contribution in [1.29, 1.82) is 0 Å². The zero-order chi connectivity index (χ0) is 19.4. The molecular weight excluding hydrogens is 360 g/mol. The van der Waals surface area contributed by atoms with Crippen molar-refractivity contribution in [2.75, 3.05) is 0 Å². The molecule has 0 atom stereocenters. The number of nitrogens with zero attached hydrogens (tertiary/aromatic N) is 2. The van der Waals surface area contributed by atoms with Gasteiger partial charge in [-0.25, -0.2) is 0 Å². The smallest absolute Gasteiger partial charge is 0.0778 e. The van der Waals surface area contributed by atoms with Crippen molar-refractivity contribution >= 4 is 34.6 Å². The van der Waals surface area contributed by atoms with Crippen LogP contribution in [0, 0.1) is 0 Å². The van der Waals surface area contributed by atoms with Crippen LogP contribution in [0.15, 0.2) is 29.3 Å². The monoisotopic (exact) mass is 396 g/mol. The number of fused-ring (bicyclic) bond motifs is 2. The summed E-state index contributed by atoms with van der Waals surface area (Å²) >= 11 is 1.95. The SMILES string of the molecule is CCCCCCCCCCCCCC=Nc1c2c(nc3ccccc13)CSC2. The van der Waals surface area contributed by atoms with Gasteiger partial charge in [0.1, 0.15) is 0 Å². The van der Waals surface area contributed by atoms with E-state index in [0.29, 0.717) is 0 Å². The molecule has 1 aromatic heterocycles. The van der Waals surface area contributed by atoms with Gasteiger partial charge in [-0.3, -0.25) is 9.98 Å². The fourth-order valence-electron chi connectivity index (χ4n) is 4.01. The van der Waals surface area contributed by atoms with E-state index in [1.807, 2.05) is 11.8 Å². The van der Waals surface area contributed by atoms with Crippen molar-refractivity contribution in [1.82, 2.24) is 4.98 Å². The standard InChI is InChI=1S/C25H36N2S/c1-2-3-4-5-6-7-8-9-10-11-12-15-18-26-25-21-16-13-14-17-23(21)27-24-20-28-19-22(24)25/h13-14,16-18H,2-12,15,19-20H2,1H3. The molecule has 0 bridgehead atoms. The Labute approximate surface area is 175 Å². The molecule has 0 saturated heterocycles. The second kappa shape index (κ2) is 12.3. The molecule has 1 aliphatic rings. The van der Waals surface area contributed by atoms with Crippen LogP contribution in [0.5, 0.6) is 0 Å². The highest BCUT2D eigenvalue weighted by Crippen LogP contribution is 2.39. The van der Waals surface area contributed by atoms with Crippen molar-refractivity contribution in [3.05, 3.63) is 35.5 Å². The minimum absolute atomic E-state index is 1.03. The third-order valence-electron chi connectivity index (χ3n) is 5.69. The van der Waals surface area contributed by atoms with Gasteiger partial charge in [-0.1, -0.05) is 89.3 Å². The minimum Gasteiger partial charge on any atom is -0.260 e. The summed E-state index contributed by atoms with van der Waals surface area (Å²) in [5, 5.41) is 1.21. The lowest BCUT2D eigenvalue weighted by molar-refractivity contribution is 0.552. The van der Waals surface area contributed by atoms with Crippen LogP contribution in [-0.2, 0) is 11.5 Å². The molecular formula is C25H36N2S. The number of aromatic nitrogens is 1. The average Bonchev–Trinajstić information content (AvgIpc) is 3.19. The van der Waals surface area contributed by atoms with Crippen molar-refractivity contribution in [2.24, 2.45) is 4.99 Å².